The molecule has 0 radical (unpaired) electrons. The van der Waals surface area contributed by atoms with Crippen molar-refractivity contribution in [2.75, 3.05) is 0 Å². The van der Waals surface area contributed by atoms with Crippen molar-refractivity contribution >= 4 is 11.6 Å². The molecule has 0 unspecified atom stereocenters. The largest absolute Gasteiger partial charge is 0.257 e. The molecule has 0 bridgehead atoms. The summed E-state index contributed by atoms with van der Waals surface area (Å²) in [5.41, 5.74) is 6.19. The molecule has 0 aliphatic heterocycles. The van der Waals surface area contributed by atoms with E-state index in [4.69, 9.17) is 0 Å². The van der Waals surface area contributed by atoms with Crippen molar-refractivity contribution in [3.8, 4) is 0 Å². The average Bonchev–Trinajstić information content (AvgIpc) is 2.57. The van der Waals surface area contributed by atoms with Crippen LogP contribution in [0.3, 0.4) is 0 Å². The third kappa shape index (κ3) is 3.50. The van der Waals surface area contributed by atoms with E-state index in [1.54, 1.807) is 0 Å². The number of allylic oxidation sites excluding steroid dienone is 1. The zero-order valence-corrected chi connectivity index (χ0v) is 12.7. The summed E-state index contributed by atoms with van der Waals surface area (Å²) < 4.78 is 0. The summed E-state index contributed by atoms with van der Waals surface area (Å²) in [6.07, 6.45) is 4.93. The van der Waals surface area contributed by atoms with Crippen LogP contribution in [0.4, 0.5) is 0 Å². The molecule has 0 saturated heterocycles. The molecule has 0 amide bonds. The van der Waals surface area contributed by atoms with Crippen LogP contribution in [0.1, 0.15) is 22.4 Å². The number of nitrogens with zero attached hydrogens (tertiary/aromatic N) is 1. The summed E-state index contributed by atoms with van der Waals surface area (Å²) in [6, 6.07) is 25.1. The Morgan fingerprint density at radius 3 is 2.32 bits per heavy atom. The van der Waals surface area contributed by atoms with Gasteiger partial charge in [0.25, 0.3) is 0 Å². The summed E-state index contributed by atoms with van der Waals surface area (Å²) in [6.45, 7) is 2.16. The van der Waals surface area contributed by atoms with E-state index in [2.05, 4.69) is 72.6 Å². The lowest BCUT2D eigenvalue weighted by Crippen LogP contribution is -1.94. The van der Waals surface area contributed by atoms with E-state index in [0.717, 1.165) is 12.1 Å². The van der Waals surface area contributed by atoms with Gasteiger partial charge in [-0.3, -0.25) is 4.98 Å². The number of pyridine rings is 1. The van der Waals surface area contributed by atoms with Gasteiger partial charge in [-0.1, -0.05) is 60.7 Å². The highest BCUT2D eigenvalue weighted by molar-refractivity contribution is 5.83. The van der Waals surface area contributed by atoms with Gasteiger partial charge in [0.05, 0.1) is 5.69 Å². The second kappa shape index (κ2) is 6.86. The van der Waals surface area contributed by atoms with Crippen LogP contribution in [-0.4, -0.2) is 4.98 Å². The fourth-order valence-electron chi connectivity index (χ4n) is 2.61. The van der Waals surface area contributed by atoms with E-state index in [0.29, 0.717) is 0 Å². The topological polar surface area (TPSA) is 12.9 Å². The van der Waals surface area contributed by atoms with Gasteiger partial charge in [0, 0.05) is 6.20 Å². The predicted octanol–water partition coefficient (Wildman–Crippen LogP) is 5.17. The first-order valence-corrected chi connectivity index (χ1v) is 7.54. The SMILES string of the molecule is Cc1ccccc1/C(=C\c1ccccn1)Cc1ccccc1. The van der Waals surface area contributed by atoms with Crippen LogP contribution < -0.4 is 0 Å². The van der Waals surface area contributed by atoms with Gasteiger partial charge in [-0.15, -0.1) is 0 Å². The normalized spacial score (nSPS) is 11.4. The van der Waals surface area contributed by atoms with Gasteiger partial charge in [0.1, 0.15) is 0 Å². The minimum Gasteiger partial charge on any atom is -0.257 e. The summed E-state index contributed by atoms with van der Waals surface area (Å²) in [5.74, 6) is 0. The number of rotatable bonds is 4. The third-order valence-electron chi connectivity index (χ3n) is 3.74. The number of aryl methyl sites for hydroxylation is 1. The Morgan fingerprint density at radius 1 is 0.864 bits per heavy atom. The van der Waals surface area contributed by atoms with E-state index in [1.807, 2.05) is 24.4 Å². The molecule has 0 N–H and O–H groups in total. The molecule has 1 nitrogen and oxygen atoms in total. The molecule has 1 heterocycles. The number of aromatic nitrogens is 1. The van der Waals surface area contributed by atoms with Crippen LogP contribution in [0.2, 0.25) is 0 Å². The van der Waals surface area contributed by atoms with Gasteiger partial charge in [-0.05, 0) is 53.8 Å². The molecule has 0 atom stereocenters. The fraction of sp³-hybridized carbons (Fsp3) is 0.0952. The lowest BCUT2D eigenvalue weighted by atomic mass is 9.94. The molecule has 1 aromatic heterocycles. The Hall–Kier alpha value is -2.67. The van der Waals surface area contributed by atoms with Gasteiger partial charge in [-0.25, -0.2) is 0 Å². The van der Waals surface area contributed by atoms with Gasteiger partial charge in [-0.2, -0.15) is 0 Å². The van der Waals surface area contributed by atoms with Crippen molar-refractivity contribution in [3.63, 3.8) is 0 Å². The summed E-state index contributed by atoms with van der Waals surface area (Å²) >= 11 is 0. The van der Waals surface area contributed by atoms with Crippen molar-refractivity contribution < 1.29 is 0 Å². The van der Waals surface area contributed by atoms with Crippen LogP contribution in [0.5, 0.6) is 0 Å². The standard InChI is InChI=1S/C21H19N/c1-17-9-5-6-13-21(17)19(15-18-10-3-2-4-11-18)16-20-12-7-8-14-22-20/h2-14,16H,15H2,1H3/b19-16-. The molecule has 0 aliphatic carbocycles. The van der Waals surface area contributed by atoms with Crippen molar-refractivity contribution in [1.82, 2.24) is 4.98 Å². The van der Waals surface area contributed by atoms with E-state index >= 15 is 0 Å². The van der Waals surface area contributed by atoms with E-state index < -0.39 is 0 Å². The van der Waals surface area contributed by atoms with E-state index in [1.165, 1.54) is 22.3 Å². The molecule has 0 aliphatic rings. The smallest absolute Gasteiger partial charge is 0.0632 e. The minimum atomic E-state index is 0.905. The number of hydrogen-bond donors (Lipinski definition) is 0. The van der Waals surface area contributed by atoms with Crippen LogP contribution in [-0.2, 0) is 6.42 Å². The number of benzene rings is 2. The Morgan fingerprint density at radius 2 is 1.59 bits per heavy atom. The van der Waals surface area contributed by atoms with Gasteiger partial charge < -0.3 is 0 Å². The lowest BCUT2D eigenvalue weighted by molar-refractivity contribution is 1.25. The van der Waals surface area contributed by atoms with Crippen molar-refractivity contribution in [2.45, 2.75) is 13.3 Å². The summed E-state index contributed by atoms with van der Waals surface area (Å²) in [5, 5.41) is 0. The van der Waals surface area contributed by atoms with Crippen molar-refractivity contribution in [3.05, 3.63) is 101 Å². The first-order valence-electron chi connectivity index (χ1n) is 7.54. The van der Waals surface area contributed by atoms with Crippen molar-refractivity contribution in [2.24, 2.45) is 0 Å². The molecule has 3 rings (SSSR count). The van der Waals surface area contributed by atoms with Crippen LogP contribution >= 0.6 is 0 Å². The van der Waals surface area contributed by atoms with Gasteiger partial charge in [0.15, 0.2) is 0 Å². The molecule has 0 spiro atoms. The first-order chi connectivity index (χ1) is 10.8. The van der Waals surface area contributed by atoms with Gasteiger partial charge >= 0.3 is 0 Å². The third-order valence-corrected chi connectivity index (χ3v) is 3.74. The molecular weight excluding hydrogens is 266 g/mol. The van der Waals surface area contributed by atoms with Crippen molar-refractivity contribution in [1.29, 1.82) is 0 Å². The Bertz CT molecular complexity index is 758. The summed E-state index contributed by atoms with van der Waals surface area (Å²) in [7, 11) is 0. The minimum absolute atomic E-state index is 0.905. The maximum Gasteiger partial charge on any atom is 0.0632 e. The highest BCUT2D eigenvalue weighted by Gasteiger charge is 2.06. The van der Waals surface area contributed by atoms with E-state index in [-0.39, 0.29) is 0 Å². The summed E-state index contributed by atoms with van der Waals surface area (Å²) in [4.78, 5) is 4.44. The zero-order valence-electron chi connectivity index (χ0n) is 12.7. The Kier molecular flexibility index (Phi) is 4.45. The second-order valence-corrected chi connectivity index (χ2v) is 5.40. The maximum absolute atomic E-state index is 4.44. The maximum atomic E-state index is 4.44. The molecule has 108 valence electrons. The molecular formula is C21H19N. The first kappa shape index (κ1) is 14.3. The molecule has 0 saturated carbocycles. The second-order valence-electron chi connectivity index (χ2n) is 5.40. The Balaban J connectivity index is 2.03. The average molecular weight is 285 g/mol. The molecule has 1 heteroatoms. The highest BCUT2D eigenvalue weighted by atomic mass is 14.6. The monoisotopic (exact) mass is 285 g/mol. The molecule has 22 heavy (non-hydrogen) atoms. The molecule has 2 aromatic carbocycles. The lowest BCUT2D eigenvalue weighted by Gasteiger charge is -2.11. The number of hydrogen-bond acceptors (Lipinski definition) is 1. The Labute approximate surface area is 132 Å². The molecule has 3 aromatic rings. The van der Waals surface area contributed by atoms with Crippen LogP contribution in [0.15, 0.2) is 79.0 Å². The predicted molar refractivity (Wildman–Crippen MR) is 93.4 cm³/mol. The zero-order chi connectivity index (χ0) is 15.2. The van der Waals surface area contributed by atoms with E-state index in [9.17, 15) is 0 Å². The fourth-order valence-corrected chi connectivity index (χ4v) is 2.61. The van der Waals surface area contributed by atoms with Gasteiger partial charge in [0.2, 0.25) is 0 Å². The molecule has 0 fully saturated rings. The van der Waals surface area contributed by atoms with Crippen LogP contribution in [0.25, 0.3) is 11.6 Å². The highest BCUT2D eigenvalue weighted by Crippen LogP contribution is 2.25. The van der Waals surface area contributed by atoms with Crippen LogP contribution in [0, 0.1) is 6.92 Å². The quantitative estimate of drug-likeness (QED) is 0.644.